The maximum Gasteiger partial charge on any atom is 0.239 e. The quantitative estimate of drug-likeness (QED) is 0.0921. The van der Waals surface area contributed by atoms with E-state index in [1.54, 1.807) is 0 Å². The summed E-state index contributed by atoms with van der Waals surface area (Å²) in [5.74, 6) is -2.31. The van der Waals surface area contributed by atoms with Crippen LogP contribution >= 0.6 is 0 Å². The van der Waals surface area contributed by atoms with E-state index in [1.165, 1.54) is 45.0 Å². The minimum absolute atomic E-state index is 0.0728. The molecule has 4 aliphatic rings. The van der Waals surface area contributed by atoms with Gasteiger partial charge in [-0.1, -0.05) is 0 Å². The van der Waals surface area contributed by atoms with Crippen molar-refractivity contribution in [2.24, 2.45) is 0 Å². The highest BCUT2D eigenvalue weighted by atomic mass is 16.8. The summed E-state index contributed by atoms with van der Waals surface area (Å²) in [4.78, 5) is 14.5. The van der Waals surface area contributed by atoms with Crippen LogP contribution in [0.2, 0.25) is 0 Å². The van der Waals surface area contributed by atoms with Crippen molar-refractivity contribution in [3.8, 4) is 34.3 Å². The van der Waals surface area contributed by atoms with Crippen LogP contribution in [0.4, 0.5) is 0 Å². The van der Waals surface area contributed by atoms with E-state index >= 15 is 0 Å². The molecule has 4 saturated heterocycles. The molecule has 0 spiro atoms. The Morgan fingerprint density at radius 2 is 1.10 bits per heavy atom. The fraction of sp³-hybridized carbons (Fsp3) is 0.615. The van der Waals surface area contributed by atoms with Gasteiger partial charge in [0.1, 0.15) is 101 Å². The van der Waals surface area contributed by atoms with Crippen molar-refractivity contribution in [3.63, 3.8) is 0 Å². The number of fused-ring (bicyclic) bond motifs is 1. The molecule has 23 nitrogen and oxygen atoms in total. The fourth-order valence-electron chi connectivity index (χ4n) is 7.50. The van der Waals surface area contributed by atoms with Crippen LogP contribution in [0.25, 0.3) is 22.3 Å². The second kappa shape index (κ2) is 18.3. The second-order valence-corrected chi connectivity index (χ2v) is 15.7. The van der Waals surface area contributed by atoms with Crippen LogP contribution in [-0.4, -0.2) is 196 Å². The molecule has 62 heavy (non-hydrogen) atoms. The lowest BCUT2D eigenvalue weighted by atomic mass is 9.97. The van der Waals surface area contributed by atoms with Gasteiger partial charge in [0.15, 0.2) is 24.4 Å². The Kier molecular flexibility index (Phi) is 13.7. The van der Waals surface area contributed by atoms with E-state index in [4.69, 9.17) is 42.3 Å². The Labute approximate surface area is 350 Å². The number of hydrogen-bond acceptors (Lipinski definition) is 23. The Balaban J connectivity index is 1.27. The van der Waals surface area contributed by atoms with Crippen LogP contribution in [0.5, 0.6) is 23.0 Å². The molecule has 0 aliphatic carbocycles. The molecule has 3 aromatic rings. The molecule has 7 rings (SSSR count). The first-order valence-corrected chi connectivity index (χ1v) is 19.6. The third-order valence-electron chi connectivity index (χ3n) is 11.3. The number of benzene rings is 2. The lowest BCUT2D eigenvalue weighted by Gasteiger charge is -2.46. The lowest BCUT2D eigenvalue weighted by molar-refractivity contribution is -0.360. The van der Waals surface area contributed by atoms with E-state index in [9.17, 15) is 71.2 Å². The SMILES string of the molecule is C[C@@H]1O[C@@H](Oc2cc(O)c3c(=O)c(O[C@@H]4O[C@H](CO[C@H]5O[C@@H](C)[C@H](O)[C@@H](O)[C@H]5O)[C@@H](O)[C@H](O)[C@H]4O[C@@H]4O[C@@H](C)[C@H](O)[C@@H](O)[C@H]4O)c(-c4ccc(O)cc4)oc3c2)[C@H](O)[C@H](O)[C@H]1O. The number of aliphatic hydroxyl groups excluding tert-OH is 11. The first-order chi connectivity index (χ1) is 29.3. The highest BCUT2D eigenvalue weighted by Crippen LogP contribution is 2.39. The summed E-state index contributed by atoms with van der Waals surface area (Å²) in [6.45, 7) is 3.47. The zero-order valence-corrected chi connectivity index (χ0v) is 33.1. The predicted octanol–water partition coefficient (Wildman–Crippen LogP) is -4.04. The van der Waals surface area contributed by atoms with Crippen molar-refractivity contribution in [3.05, 3.63) is 46.6 Å². The third-order valence-corrected chi connectivity index (χ3v) is 11.3. The van der Waals surface area contributed by atoms with Gasteiger partial charge in [-0.15, -0.1) is 0 Å². The highest BCUT2D eigenvalue weighted by Gasteiger charge is 2.52. The van der Waals surface area contributed by atoms with E-state index in [0.717, 1.165) is 12.1 Å². The Bertz CT molecular complexity index is 2060. The van der Waals surface area contributed by atoms with Gasteiger partial charge in [0.25, 0.3) is 0 Å². The van der Waals surface area contributed by atoms with Crippen LogP contribution in [-0.2, 0) is 28.4 Å². The Morgan fingerprint density at radius 3 is 1.69 bits per heavy atom. The molecule has 0 unspecified atom stereocenters. The molecule has 0 radical (unpaired) electrons. The maximum atomic E-state index is 14.5. The summed E-state index contributed by atoms with van der Waals surface area (Å²) >= 11 is 0. The maximum absolute atomic E-state index is 14.5. The van der Waals surface area contributed by atoms with Gasteiger partial charge in [-0.25, -0.2) is 0 Å². The molecule has 4 fully saturated rings. The predicted molar refractivity (Wildman–Crippen MR) is 201 cm³/mol. The zero-order chi connectivity index (χ0) is 45.1. The monoisotopic (exact) mass is 886 g/mol. The summed E-state index contributed by atoms with van der Waals surface area (Å²) in [7, 11) is 0. The molecule has 4 aliphatic heterocycles. The molecule has 20 atom stereocenters. The number of aliphatic hydroxyl groups is 11. The van der Waals surface area contributed by atoms with Crippen molar-refractivity contribution < 1.29 is 109 Å². The molecule has 5 heterocycles. The molecule has 2 aromatic carbocycles. The van der Waals surface area contributed by atoms with E-state index < -0.39 is 158 Å². The summed E-state index contributed by atoms with van der Waals surface area (Å²) < 4.78 is 52.0. The molecular weight excluding hydrogens is 836 g/mol. The topological polar surface area (TPSA) is 367 Å². The minimum atomic E-state index is -2.06. The first-order valence-electron chi connectivity index (χ1n) is 19.6. The fourth-order valence-corrected chi connectivity index (χ4v) is 7.50. The number of phenols is 2. The molecule has 23 heteroatoms. The number of rotatable bonds is 10. The van der Waals surface area contributed by atoms with Crippen molar-refractivity contribution >= 4 is 11.0 Å². The highest BCUT2D eigenvalue weighted by molar-refractivity contribution is 5.88. The van der Waals surface area contributed by atoms with Gasteiger partial charge in [-0.2, -0.15) is 0 Å². The molecule has 0 bridgehead atoms. The van der Waals surface area contributed by atoms with Gasteiger partial charge < -0.3 is 109 Å². The summed E-state index contributed by atoms with van der Waals surface area (Å²) in [6.07, 6.45) is -32.8. The Hall–Kier alpha value is -3.83. The Morgan fingerprint density at radius 1 is 0.565 bits per heavy atom. The number of aromatic hydroxyl groups is 2. The first kappa shape index (κ1) is 46.2. The van der Waals surface area contributed by atoms with Gasteiger partial charge in [0.2, 0.25) is 23.8 Å². The largest absolute Gasteiger partial charge is 0.508 e. The van der Waals surface area contributed by atoms with E-state index in [0.29, 0.717) is 0 Å². The molecule has 13 N–H and O–H groups in total. The third kappa shape index (κ3) is 8.83. The summed E-state index contributed by atoms with van der Waals surface area (Å²) in [5.41, 5.74) is -1.36. The van der Waals surface area contributed by atoms with Gasteiger partial charge in [-0.05, 0) is 45.0 Å². The van der Waals surface area contributed by atoms with Crippen LogP contribution in [0, 0.1) is 0 Å². The van der Waals surface area contributed by atoms with E-state index in [1.807, 2.05) is 0 Å². The lowest BCUT2D eigenvalue weighted by Crippen LogP contribution is -2.65. The smallest absolute Gasteiger partial charge is 0.239 e. The van der Waals surface area contributed by atoms with Crippen LogP contribution in [0.1, 0.15) is 20.8 Å². The van der Waals surface area contributed by atoms with Crippen molar-refractivity contribution in [2.45, 2.75) is 144 Å². The van der Waals surface area contributed by atoms with Gasteiger partial charge in [-0.3, -0.25) is 4.79 Å². The van der Waals surface area contributed by atoms with Crippen LogP contribution in [0.15, 0.2) is 45.6 Å². The molecule has 0 amide bonds. The second-order valence-electron chi connectivity index (χ2n) is 15.7. The van der Waals surface area contributed by atoms with Gasteiger partial charge >= 0.3 is 0 Å². The summed E-state index contributed by atoms with van der Waals surface area (Å²) in [5, 5.41) is 137. The average Bonchev–Trinajstić information content (AvgIpc) is 3.24. The average molecular weight is 887 g/mol. The van der Waals surface area contributed by atoms with Gasteiger partial charge in [0, 0.05) is 17.7 Å². The normalized spacial score (nSPS) is 41.5. The van der Waals surface area contributed by atoms with E-state index in [-0.39, 0.29) is 22.6 Å². The molecule has 344 valence electrons. The van der Waals surface area contributed by atoms with E-state index in [2.05, 4.69) is 0 Å². The van der Waals surface area contributed by atoms with Crippen molar-refractivity contribution in [1.29, 1.82) is 0 Å². The molecule has 1 aromatic heterocycles. The minimum Gasteiger partial charge on any atom is -0.508 e. The summed E-state index contributed by atoms with van der Waals surface area (Å²) in [6, 6.07) is 7.21. The zero-order valence-electron chi connectivity index (χ0n) is 33.1. The standard InChI is InChI=1S/C39H50O23/c1-11-21(42)26(47)30(51)36(55-11)54-10-19-24(45)29(50)35(62-38-32(53)28(49)23(44)13(3)57-38)39(60-19)61-34-25(46)20-17(41)8-16(58-37-31(52)27(48)22(43)12(2)56-37)9-18(20)59-33(34)14-4-6-15(40)7-5-14/h4-9,11-13,19,21-24,26-32,35-45,47-53H,10H2,1-3H3/t11-,12-,13-,19+,21-,22-,23-,24+,26+,27+,28+,29-,30+,31+,32+,35+,36-,37-,38-,39-/m0/s1. The van der Waals surface area contributed by atoms with Crippen LogP contribution < -0.4 is 14.9 Å². The van der Waals surface area contributed by atoms with Gasteiger partial charge in [0.05, 0.1) is 24.9 Å². The number of hydrogen-bond donors (Lipinski definition) is 13. The number of ether oxygens (including phenoxy) is 8. The molecular formula is C39H50O23. The van der Waals surface area contributed by atoms with Crippen LogP contribution in [0.3, 0.4) is 0 Å². The van der Waals surface area contributed by atoms with Crippen molar-refractivity contribution in [1.82, 2.24) is 0 Å². The van der Waals surface area contributed by atoms with Crippen molar-refractivity contribution in [2.75, 3.05) is 6.61 Å². The number of phenolic OH excluding ortho intramolecular Hbond substituents is 2. The molecule has 0 saturated carbocycles.